The molecule has 0 saturated carbocycles. The van der Waals surface area contributed by atoms with Gasteiger partial charge in [0.15, 0.2) is 17.3 Å². The van der Waals surface area contributed by atoms with Crippen LogP contribution in [0.5, 0.6) is 28.7 Å². The lowest BCUT2D eigenvalue weighted by Gasteiger charge is -2.39. The van der Waals surface area contributed by atoms with E-state index in [2.05, 4.69) is 4.74 Å². The van der Waals surface area contributed by atoms with Crippen LogP contribution in [-0.4, -0.2) is 73.2 Å². The van der Waals surface area contributed by atoms with Gasteiger partial charge in [-0.1, -0.05) is 0 Å². The van der Waals surface area contributed by atoms with Crippen molar-refractivity contribution in [2.24, 2.45) is 0 Å². The second-order valence-electron chi connectivity index (χ2n) is 7.71. The Hall–Kier alpha value is -3.18. The number of phenolic OH excluding ortho intramolecular Hbond substituents is 3. The van der Waals surface area contributed by atoms with Gasteiger partial charge in [0.2, 0.25) is 12.0 Å². The molecule has 2 aromatic carbocycles. The zero-order chi connectivity index (χ0) is 23.2. The highest BCUT2D eigenvalue weighted by molar-refractivity contribution is 5.64. The molecular weight excluding hydrogens is 424 g/mol. The highest BCUT2D eigenvalue weighted by Crippen LogP contribution is 2.45. The molecule has 172 valence electrons. The third-order valence-electron chi connectivity index (χ3n) is 5.52. The molecule has 7 N–H and O–H groups in total. The maximum absolute atomic E-state index is 10.4. The van der Waals surface area contributed by atoms with Crippen molar-refractivity contribution >= 4 is 6.08 Å². The topological polar surface area (TPSA) is 162 Å². The van der Waals surface area contributed by atoms with Gasteiger partial charge >= 0.3 is 0 Å². The third kappa shape index (κ3) is 3.89. The van der Waals surface area contributed by atoms with Crippen molar-refractivity contribution in [3.63, 3.8) is 0 Å². The van der Waals surface area contributed by atoms with Crippen molar-refractivity contribution in [1.82, 2.24) is 0 Å². The fourth-order valence-electron chi connectivity index (χ4n) is 3.71. The molecule has 1 saturated heterocycles. The molecule has 6 unspecified atom stereocenters. The first kappa shape index (κ1) is 22.0. The largest absolute Gasteiger partial charge is 0.571 e. The van der Waals surface area contributed by atoms with Crippen LogP contribution in [0.2, 0.25) is 0 Å². The summed E-state index contributed by atoms with van der Waals surface area (Å²) < 4.78 is 21.2. The average molecular weight is 449 g/mol. The number of hydrogen-bond acceptors (Lipinski definition) is 9. The van der Waals surface area contributed by atoms with E-state index in [1.807, 2.05) is 0 Å². The fraction of sp³-hybridized carbons (Fsp3) is 0.364. The van der Waals surface area contributed by atoms with Gasteiger partial charge < -0.3 is 49.6 Å². The van der Waals surface area contributed by atoms with E-state index in [-0.39, 0.29) is 17.3 Å². The molecule has 0 amide bonds. The predicted octanol–water partition coefficient (Wildman–Crippen LogP) is 0.993. The molecule has 2 heterocycles. The molecule has 10 nitrogen and oxygen atoms in total. The van der Waals surface area contributed by atoms with Crippen molar-refractivity contribution in [1.29, 1.82) is 0 Å². The van der Waals surface area contributed by atoms with Gasteiger partial charge in [-0.3, -0.25) is 0 Å². The minimum absolute atomic E-state index is 0.00660. The van der Waals surface area contributed by atoms with Gasteiger partial charge in [0, 0.05) is 6.08 Å². The van der Waals surface area contributed by atoms with Gasteiger partial charge in [0.25, 0.3) is 11.9 Å². The van der Waals surface area contributed by atoms with Crippen molar-refractivity contribution in [2.45, 2.75) is 43.7 Å². The van der Waals surface area contributed by atoms with E-state index in [1.54, 1.807) is 12.1 Å². The summed E-state index contributed by atoms with van der Waals surface area (Å²) in [4.78, 5) is 0. The van der Waals surface area contributed by atoms with E-state index < -0.39 is 48.3 Å². The first-order valence-corrected chi connectivity index (χ1v) is 9.91. The molecule has 32 heavy (non-hydrogen) atoms. The number of fused-ring (bicyclic) bond motifs is 1. The fourth-order valence-corrected chi connectivity index (χ4v) is 3.71. The second kappa shape index (κ2) is 8.40. The van der Waals surface area contributed by atoms with Crippen LogP contribution < -0.4 is 4.74 Å². The molecule has 2 aliphatic rings. The maximum Gasteiger partial charge on any atom is 0.268 e. The summed E-state index contributed by atoms with van der Waals surface area (Å²) in [5, 5.41) is 60.4. The van der Waals surface area contributed by atoms with Gasteiger partial charge in [-0.2, -0.15) is 0 Å². The highest BCUT2D eigenvalue weighted by atomic mass is 16.7. The minimum atomic E-state index is -1.54. The molecule has 4 rings (SSSR count). The Kier molecular flexibility index (Phi) is 5.78. The van der Waals surface area contributed by atoms with E-state index >= 15 is 0 Å². The lowest BCUT2D eigenvalue weighted by molar-refractivity contribution is -0.287. The number of ether oxygens (including phenoxy) is 4. The first-order chi connectivity index (χ1) is 15.2. The Morgan fingerprint density at radius 1 is 0.969 bits per heavy atom. The number of rotatable bonds is 4. The maximum atomic E-state index is 10.4. The van der Waals surface area contributed by atoms with Crippen LogP contribution in [0.25, 0.3) is 6.08 Å². The highest BCUT2D eigenvalue weighted by Gasteiger charge is 2.45. The summed E-state index contributed by atoms with van der Waals surface area (Å²) in [6.45, 7) is 1.54. The third-order valence-corrected chi connectivity index (χ3v) is 5.52. The summed E-state index contributed by atoms with van der Waals surface area (Å²) in [5.41, 5.74) is 0.999. The van der Waals surface area contributed by atoms with Gasteiger partial charge in [0.05, 0.1) is 30.4 Å². The van der Waals surface area contributed by atoms with Gasteiger partial charge in [-0.25, -0.2) is 0 Å². The van der Waals surface area contributed by atoms with Crippen LogP contribution in [0.4, 0.5) is 0 Å². The molecule has 0 spiro atoms. The zero-order valence-electron chi connectivity index (χ0n) is 17.3. The van der Waals surface area contributed by atoms with Gasteiger partial charge in [0.1, 0.15) is 24.1 Å². The second-order valence-corrected chi connectivity index (χ2v) is 7.71. The molecule has 0 radical (unpaired) electrons. The molecule has 2 aliphatic heterocycles. The predicted molar refractivity (Wildman–Crippen MR) is 110 cm³/mol. The Bertz CT molecular complexity index is 1040. The van der Waals surface area contributed by atoms with Gasteiger partial charge in [-0.05, 0) is 31.2 Å². The summed E-state index contributed by atoms with van der Waals surface area (Å²) in [6.07, 6.45) is -5.66. The van der Waals surface area contributed by atoms with Crippen LogP contribution in [0.15, 0.2) is 36.1 Å². The van der Waals surface area contributed by atoms with Crippen LogP contribution >= 0.6 is 0 Å². The van der Waals surface area contributed by atoms with E-state index in [0.717, 1.165) is 0 Å². The summed E-state index contributed by atoms with van der Waals surface area (Å²) in [7, 11) is 1.33. The number of benzene rings is 2. The number of phenols is 3. The Labute approximate surface area is 183 Å². The normalized spacial score (nSPS) is 29.5. The van der Waals surface area contributed by atoms with Crippen molar-refractivity contribution in [3.05, 3.63) is 47.2 Å². The zero-order valence-corrected chi connectivity index (χ0v) is 17.3. The number of aliphatic hydroxyl groups excluding tert-OH is 3. The Morgan fingerprint density at radius 2 is 1.72 bits per heavy atom. The molecule has 10 heteroatoms. The Balaban J connectivity index is 1.74. The van der Waals surface area contributed by atoms with Crippen LogP contribution in [0, 0.1) is 0 Å². The quantitative estimate of drug-likeness (QED) is 0.295. The number of hydrogen-bond donors (Lipinski definition) is 6. The monoisotopic (exact) mass is 449 g/mol. The smallest absolute Gasteiger partial charge is 0.268 e. The first-order valence-electron chi connectivity index (χ1n) is 9.91. The molecule has 6 atom stereocenters. The van der Waals surface area contributed by atoms with Crippen LogP contribution in [-0.2, 0) is 9.47 Å². The summed E-state index contributed by atoms with van der Waals surface area (Å²) >= 11 is 0. The summed E-state index contributed by atoms with van der Waals surface area (Å²) in [5.74, 6) is -0.201. The van der Waals surface area contributed by atoms with Gasteiger partial charge in [-0.15, -0.1) is 0 Å². The standard InChI is InChI=1S/C22H24O10/c1-9-17(25)19(27)20(28)22(30-9)32-16-6-10-3-4-12(23)8-14(10)31-21(16)11-5-13(24)18(26)15(7-11)29-2/h3-9,17,19-28H,1-2H3/p+1. The average Bonchev–Trinajstić information content (AvgIpc) is 2.77. The molecule has 2 aromatic rings. The van der Waals surface area contributed by atoms with Crippen LogP contribution in [0.3, 0.4) is 0 Å². The Morgan fingerprint density at radius 3 is 2.44 bits per heavy atom. The van der Waals surface area contributed by atoms with Crippen LogP contribution in [0.1, 0.15) is 24.2 Å². The van der Waals surface area contributed by atoms with E-state index in [9.17, 15) is 30.6 Å². The van der Waals surface area contributed by atoms with Crippen molar-refractivity contribution in [2.75, 3.05) is 7.11 Å². The van der Waals surface area contributed by atoms with Crippen molar-refractivity contribution < 1.29 is 49.6 Å². The van der Waals surface area contributed by atoms with Crippen molar-refractivity contribution in [3.8, 4) is 28.7 Å². The van der Waals surface area contributed by atoms with E-state index in [1.165, 1.54) is 38.3 Å². The number of aliphatic hydroxyl groups is 4. The molecule has 1 fully saturated rings. The number of methoxy groups -OCH3 is 1. The molecule has 0 aliphatic carbocycles. The number of aromatic hydroxyl groups is 4. The SMILES string of the molecule is COc1cc(C2[OH+]c3cc(O)ccc3C=C2OC2OC(C)C(O)C(O)C2O)cc(O)c1O. The lowest BCUT2D eigenvalue weighted by Crippen LogP contribution is -2.57. The van der Waals surface area contributed by atoms with E-state index in [0.29, 0.717) is 16.9 Å². The molecular formula is C22H25O10+. The molecule has 0 bridgehead atoms. The minimum Gasteiger partial charge on any atom is -0.571 e. The van der Waals surface area contributed by atoms with E-state index in [4.69, 9.17) is 14.2 Å². The summed E-state index contributed by atoms with van der Waals surface area (Å²) in [6, 6.07) is 7.32. The molecule has 0 aromatic heterocycles. The lowest BCUT2D eigenvalue weighted by atomic mass is 9.99.